The Morgan fingerprint density at radius 3 is 2.56 bits per heavy atom. The van der Waals surface area contributed by atoms with Gasteiger partial charge < -0.3 is 10.2 Å². The third-order valence-electron chi connectivity index (χ3n) is 4.29. The third-order valence-corrected chi connectivity index (χ3v) is 5.55. The summed E-state index contributed by atoms with van der Waals surface area (Å²) in [6.07, 6.45) is 0. The summed E-state index contributed by atoms with van der Waals surface area (Å²) < 4.78 is 13.3. The molecule has 0 bridgehead atoms. The molecule has 2 aromatic carbocycles. The number of nitrogens with zero attached hydrogens (tertiary/aromatic N) is 1. The number of halogens is 1. The summed E-state index contributed by atoms with van der Waals surface area (Å²) in [6.45, 7) is 7.23. The van der Waals surface area contributed by atoms with Crippen LogP contribution in [-0.2, 0) is 5.41 Å². The van der Waals surface area contributed by atoms with E-state index >= 15 is 0 Å². The summed E-state index contributed by atoms with van der Waals surface area (Å²) in [5, 5.41) is 2.78. The van der Waals surface area contributed by atoms with Crippen molar-refractivity contribution in [2.75, 3.05) is 17.6 Å². The summed E-state index contributed by atoms with van der Waals surface area (Å²) in [5.74, 6) is 0.533. The highest BCUT2D eigenvalue weighted by Gasteiger charge is 2.31. The summed E-state index contributed by atoms with van der Waals surface area (Å²) in [4.78, 5) is 14.4. The molecule has 132 valence electrons. The van der Waals surface area contributed by atoms with E-state index in [0.717, 1.165) is 11.3 Å². The molecule has 0 radical (unpaired) electrons. The standard InChI is InChI=1S/C20H23FN2OS/c1-20(2,3)15-9-7-14(8-10-15)18-23(11-12-25-18)19(24)22-17-6-4-5-16(21)13-17/h4-10,13,18H,11-12H2,1-3H3,(H,22,24)/t18-/m0/s1. The Bertz CT molecular complexity index is 755. The molecule has 0 aromatic heterocycles. The van der Waals surface area contributed by atoms with Crippen molar-refractivity contribution in [3.8, 4) is 0 Å². The quantitative estimate of drug-likeness (QED) is 0.779. The van der Waals surface area contributed by atoms with Gasteiger partial charge in [0.15, 0.2) is 0 Å². The Labute approximate surface area is 152 Å². The van der Waals surface area contributed by atoms with Crippen LogP contribution in [0.1, 0.15) is 37.3 Å². The molecule has 1 heterocycles. The van der Waals surface area contributed by atoms with Crippen LogP contribution in [0.5, 0.6) is 0 Å². The van der Waals surface area contributed by atoms with E-state index in [1.807, 2.05) is 4.90 Å². The van der Waals surface area contributed by atoms with Crippen LogP contribution in [0.15, 0.2) is 48.5 Å². The first-order valence-electron chi connectivity index (χ1n) is 8.40. The molecule has 0 aliphatic carbocycles. The van der Waals surface area contributed by atoms with E-state index in [2.05, 4.69) is 50.4 Å². The van der Waals surface area contributed by atoms with Crippen molar-refractivity contribution in [2.24, 2.45) is 0 Å². The van der Waals surface area contributed by atoms with Crippen molar-refractivity contribution in [2.45, 2.75) is 31.6 Å². The minimum atomic E-state index is -0.358. The van der Waals surface area contributed by atoms with Gasteiger partial charge in [0.25, 0.3) is 0 Å². The van der Waals surface area contributed by atoms with Crippen LogP contribution in [0.3, 0.4) is 0 Å². The Morgan fingerprint density at radius 2 is 1.92 bits per heavy atom. The molecule has 3 nitrogen and oxygen atoms in total. The number of benzene rings is 2. The summed E-state index contributed by atoms with van der Waals surface area (Å²) in [7, 11) is 0. The zero-order valence-corrected chi connectivity index (χ0v) is 15.6. The van der Waals surface area contributed by atoms with Gasteiger partial charge in [-0.15, -0.1) is 11.8 Å². The molecular weight excluding hydrogens is 335 g/mol. The number of hydrogen-bond acceptors (Lipinski definition) is 2. The molecule has 0 saturated carbocycles. The first-order valence-corrected chi connectivity index (χ1v) is 9.45. The van der Waals surface area contributed by atoms with E-state index in [-0.39, 0.29) is 22.6 Å². The molecule has 1 saturated heterocycles. The lowest BCUT2D eigenvalue weighted by Gasteiger charge is -2.25. The normalized spacial score (nSPS) is 17.6. The predicted octanol–water partition coefficient (Wildman–Crippen LogP) is 5.40. The summed E-state index contributed by atoms with van der Waals surface area (Å²) >= 11 is 1.75. The van der Waals surface area contributed by atoms with Crippen LogP contribution in [-0.4, -0.2) is 23.2 Å². The average molecular weight is 358 g/mol. The predicted molar refractivity (Wildman–Crippen MR) is 102 cm³/mol. The van der Waals surface area contributed by atoms with Crippen LogP contribution in [0.4, 0.5) is 14.9 Å². The molecule has 1 aliphatic heterocycles. The van der Waals surface area contributed by atoms with Gasteiger partial charge in [-0.3, -0.25) is 0 Å². The van der Waals surface area contributed by atoms with Crippen molar-refractivity contribution in [3.63, 3.8) is 0 Å². The molecule has 0 unspecified atom stereocenters. The second-order valence-corrected chi connectivity index (χ2v) is 8.42. The maximum absolute atomic E-state index is 13.3. The van der Waals surface area contributed by atoms with Crippen LogP contribution in [0, 0.1) is 5.82 Å². The number of hydrogen-bond donors (Lipinski definition) is 1. The van der Waals surface area contributed by atoms with Crippen LogP contribution in [0.25, 0.3) is 0 Å². The molecule has 5 heteroatoms. The van der Waals surface area contributed by atoms with Gasteiger partial charge in [0.1, 0.15) is 11.2 Å². The van der Waals surface area contributed by atoms with Gasteiger partial charge in [-0.25, -0.2) is 9.18 Å². The first kappa shape index (κ1) is 17.8. The first-order chi connectivity index (χ1) is 11.8. The maximum atomic E-state index is 13.3. The fraction of sp³-hybridized carbons (Fsp3) is 0.350. The van der Waals surface area contributed by atoms with Gasteiger partial charge in [-0.05, 0) is 34.7 Å². The molecule has 0 spiro atoms. The Hall–Kier alpha value is -2.01. The van der Waals surface area contributed by atoms with E-state index < -0.39 is 0 Å². The van der Waals surface area contributed by atoms with E-state index in [1.54, 1.807) is 23.9 Å². The van der Waals surface area contributed by atoms with Crippen LogP contribution in [0.2, 0.25) is 0 Å². The Kier molecular flexibility index (Phi) is 5.04. The molecule has 1 atom stereocenters. The van der Waals surface area contributed by atoms with E-state index in [9.17, 15) is 9.18 Å². The van der Waals surface area contributed by atoms with Crippen molar-refractivity contribution >= 4 is 23.5 Å². The number of amides is 2. The SMILES string of the molecule is CC(C)(C)c1ccc([C@@H]2SCCN2C(=O)Nc2cccc(F)c2)cc1. The largest absolute Gasteiger partial charge is 0.323 e. The number of carbonyl (C=O) groups excluding carboxylic acids is 1. The van der Waals surface area contributed by atoms with Gasteiger partial charge in [0.2, 0.25) is 0 Å². The molecule has 2 amide bonds. The van der Waals surface area contributed by atoms with Gasteiger partial charge in [0.05, 0.1) is 0 Å². The molecule has 3 rings (SSSR count). The molecule has 2 aromatic rings. The molecular formula is C20H23FN2OS. The second kappa shape index (κ2) is 7.08. The minimum Gasteiger partial charge on any atom is -0.308 e. The fourth-order valence-corrected chi connectivity index (χ4v) is 4.12. The molecule has 1 N–H and O–H groups in total. The topological polar surface area (TPSA) is 32.3 Å². The molecule has 1 fully saturated rings. The smallest absolute Gasteiger partial charge is 0.308 e. The fourth-order valence-electron chi connectivity index (χ4n) is 2.86. The van der Waals surface area contributed by atoms with E-state index in [4.69, 9.17) is 0 Å². The number of nitrogens with one attached hydrogen (secondary N) is 1. The van der Waals surface area contributed by atoms with E-state index in [0.29, 0.717) is 12.2 Å². The Balaban J connectivity index is 1.74. The summed E-state index contributed by atoms with van der Waals surface area (Å²) in [6, 6.07) is 14.3. The lowest BCUT2D eigenvalue weighted by molar-refractivity contribution is 0.214. The number of thioether (sulfide) groups is 1. The zero-order valence-electron chi connectivity index (χ0n) is 14.8. The number of rotatable bonds is 2. The highest BCUT2D eigenvalue weighted by Crippen LogP contribution is 2.38. The van der Waals surface area contributed by atoms with Gasteiger partial charge in [-0.2, -0.15) is 0 Å². The summed E-state index contributed by atoms with van der Waals surface area (Å²) in [5.41, 5.74) is 2.97. The van der Waals surface area contributed by atoms with Gasteiger partial charge >= 0.3 is 6.03 Å². The minimum absolute atomic E-state index is 0.0115. The monoisotopic (exact) mass is 358 g/mol. The molecule has 25 heavy (non-hydrogen) atoms. The van der Waals surface area contributed by atoms with Crippen molar-refractivity contribution in [1.29, 1.82) is 0 Å². The van der Waals surface area contributed by atoms with Crippen molar-refractivity contribution in [3.05, 3.63) is 65.5 Å². The van der Waals surface area contributed by atoms with E-state index in [1.165, 1.54) is 17.7 Å². The lowest BCUT2D eigenvalue weighted by atomic mass is 9.87. The van der Waals surface area contributed by atoms with Crippen LogP contribution >= 0.6 is 11.8 Å². The van der Waals surface area contributed by atoms with Gasteiger partial charge in [-0.1, -0.05) is 51.1 Å². The third kappa shape index (κ3) is 4.15. The van der Waals surface area contributed by atoms with Gasteiger partial charge in [0, 0.05) is 18.0 Å². The van der Waals surface area contributed by atoms with Crippen LogP contribution < -0.4 is 5.32 Å². The zero-order chi connectivity index (χ0) is 18.0. The number of anilines is 1. The Morgan fingerprint density at radius 1 is 1.20 bits per heavy atom. The average Bonchev–Trinajstić information content (AvgIpc) is 3.04. The number of urea groups is 1. The highest BCUT2D eigenvalue weighted by atomic mass is 32.2. The van der Waals surface area contributed by atoms with Crippen molar-refractivity contribution < 1.29 is 9.18 Å². The number of carbonyl (C=O) groups is 1. The highest BCUT2D eigenvalue weighted by molar-refractivity contribution is 7.99. The molecule has 1 aliphatic rings. The lowest BCUT2D eigenvalue weighted by Crippen LogP contribution is -2.34. The second-order valence-electron chi connectivity index (χ2n) is 7.23. The maximum Gasteiger partial charge on any atom is 0.323 e. The van der Waals surface area contributed by atoms with Crippen molar-refractivity contribution in [1.82, 2.24) is 4.90 Å².